The van der Waals surface area contributed by atoms with Gasteiger partial charge in [-0.2, -0.15) is 5.10 Å². The number of halogens is 3. The highest BCUT2D eigenvalue weighted by molar-refractivity contribution is 5.85. The van der Waals surface area contributed by atoms with Crippen LogP contribution in [-0.4, -0.2) is 21.1 Å². The third-order valence-corrected chi connectivity index (χ3v) is 3.21. The van der Waals surface area contributed by atoms with E-state index in [9.17, 15) is 4.39 Å². The van der Waals surface area contributed by atoms with Crippen LogP contribution in [0.4, 0.5) is 10.3 Å². The molecule has 3 N–H and O–H groups in total. The van der Waals surface area contributed by atoms with Crippen molar-refractivity contribution < 1.29 is 8.81 Å². The van der Waals surface area contributed by atoms with Crippen molar-refractivity contribution in [2.24, 2.45) is 5.10 Å². The number of furan rings is 1. The molecule has 2 heterocycles. The Balaban J connectivity index is 0.00000156. The van der Waals surface area contributed by atoms with Crippen LogP contribution in [0, 0.1) is 5.82 Å². The van der Waals surface area contributed by atoms with Crippen LogP contribution in [0.2, 0.25) is 0 Å². The Kier molecular flexibility index (Phi) is 7.41. The third-order valence-electron chi connectivity index (χ3n) is 3.21. The number of benzene rings is 1. The minimum atomic E-state index is -0.341. The fraction of sp³-hybridized carbons (Fsp3) is 0.133. The summed E-state index contributed by atoms with van der Waals surface area (Å²) in [6, 6.07) is 9.78. The maximum Gasteiger partial charge on any atom is 0.263 e. The molecule has 0 unspecified atom stereocenters. The lowest BCUT2D eigenvalue weighted by atomic mass is 10.1. The van der Waals surface area contributed by atoms with Crippen molar-refractivity contribution in [3.05, 3.63) is 53.8 Å². The number of rotatable bonds is 5. The summed E-state index contributed by atoms with van der Waals surface area (Å²) in [5, 5.41) is 11.7. The summed E-state index contributed by atoms with van der Waals surface area (Å²) >= 11 is 0. The van der Waals surface area contributed by atoms with E-state index in [1.165, 1.54) is 17.0 Å². The molecule has 0 fully saturated rings. The molecule has 134 valence electrons. The molecule has 2 aromatic heterocycles. The Bertz CT molecular complexity index is 848. The zero-order chi connectivity index (χ0) is 16.2. The summed E-state index contributed by atoms with van der Waals surface area (Å²) in [6.07, 6.45) is 2.11. The first kappa shape index (κ1) is 20.5. The number of nitrogen functional groups attached to an aromatic ring is 1. The van der Waals surface area contributed by atoms with Crippen LogP contribution < -0.4 is 11.3 Å². The molecular weight excluding hydrogens is 370 g/mol. The number of hydrazone groups is 1. The zero-order valence-electron chi connectivity index (χ0n) is 13.2. The molecule has 3 aromatic rings. The lowest BCUT2D eigenvalue weighted by molar-refractivity contribution is 0.563. The van der Waals surface area contributed by atoms with Crippen LogP contribution in [0.3, 0.4) is 0 Å². The molecule has 0 atom stereocenters. The highest BCUT2D eigenvalue weighted by atomic mass is 35.5. The molecule has 0 aliphatic heterocycles. The van der Waals surface area contributed by atoms with E-state index < -0.39 is 0 Å². The smallest absolute Gasteiger partial charge is 0.263 e. The summed E-state index contributed by atoms with van der Waals surface area (Å²) in [5.41, 5.74) is 3.07. The van der Waals surface area contributed by atoms with Gasteiger partial charge in [0.1, 0.15) is 17.3 Å². The molecule has 3 rings (SSSR count). The van der Waals surface area contributed by atoms with Crippen LogP contribution in [0.5, 0.6) is 0 Å². The summed E-state index contributed by atoms with van der Waals surface area (Å²) in [6.45, 7) is 1.92. The van der Waals surface area contributed by atoms with Crippen molar-refractivity contribution in [2.45, 2.75) is 13.3 Å². The monoisotopic (exact) mass is 386 g/mol. The van der Waals surface area contributed by atoms with Gasteiger partial charge in [0.25, 0.3) is 5.95 Å². The largest absolute Gasteiger partial charge is 0.455 e. The second-order valence-electron chi connectivity index (χ2n) is 4.72. The maximum atomic E-state index is 13.7. The van der Waals surface area contributed by atoms with Crippen LogP contribution in [0.15, 0.2) is 45.9 Å². The highest BCUT2D eigenvalue weighted by Crippen LogP contribution is 2.24. The molecule has 0 saturated carbocycles. The van der Waals surface area contributed by atoms with Gasteiger partial charge in [0.05, 0.1) is 11.8 Å². The van der Waals surface area contributed by atoms with Crippen molar-refractivity contribution in [2.75, 3.05) is 11.3 Å². The lowest BCUT2D eigenvalue weighted by Gasteiger charge is -2.00. The molecule has 7 nitrogen and oxygen atoms in total. The number of nitrogens with one attached hydrogen (secondary N) is 1. The Labute approximate surface area is 155 Å². The van der Waals surface area contributed by atoms with E-state index in [2.05, 4.69) is 20.7 Å². The molecule has 0 bridgehead atoms. The Morgan fingerprint density at radius 1 is 1.24 bits per heavy atom. The number of nitrogens with zero attached hydrogens (tertiary/aromatic N) is 4. The van der Waals surface area contributed by atoms with Gasteiger partial charge < -0.3 is 10.3 Å². The van der Waals surface area contributed by atoms with Crippen molar-refractivity contribution in [1.82, 2.24) is 14.9 Å². The number of hydrogen-bond donors (Lipinski definition) is 2. The van der Waals surface area contributed by atoms with Gasteiger partial charge in [-0.15, -0.1) is 35.0 Å². The van der Waals surface area contributed by atoms with E-state index in [1.54, 1.807) is 30.3 Å². The van der Waals surface area contributed by atoms with Crippen molar-refractivity contribution in [3.8, 4) is 11.3 Å². The quantitative estimate of drug-likeness (QED) is 0.398. The normalized spacial score (nSPS) is 10.3. The first-order valence-corrected chi connectivity index (χ1v) is 7.02. The molecule has 0 saturated heterocycles. The van der Waals surface area contributed by atoms with Gasteiger partial charge in [0.15, 0.2) is 5.82 Å². The number of hydrogen-bond acceptors (Lipinski definition) is 6. The predicted octanol–water partition coefficient (Wildman–Crippen LogP) is 3.24. The van der Waals surface area contributed by atoms with Crippen LogP contribution in [0.25, 0.3) is 11.3 Å². The number of nitrogens with two attached hydrogens (primary N) is 1. The molecule has 10 heteroatoms. The van der Waals surface area contributed by atoms with Gasteiger partial charge in [0, 0.05) is 6.42 Å². The average molecular weight is 387 g/mol. The molecular formula is C15H17Cl2FN6O. The van der Waals surface area contributed by atoms with Gasteiger partial charge >= 0.3 is 0 Å². The van der Waals surface area contributed by atoms with Crippen LogP contribution >= 0.6 is 24.8 Å². The van der Waals surface area contributed by atoms with E-state index in [1.807, 2.05) is 6.92 Å². The average Bonchev–Trinajstić information content (AvgIpc) is 3.15. The second-order valence-corrected chi connectivity index (χ2v) is 4.72. The number of aryl methyl sites for hydroxylation is 1. The molecule has 0 radical (unpaired) electrons. The molecule has 0 aliphatic carbocycles. The van der Waals surface area contributed by atoms with Crippen molar-refractivity contribution >= 4 is 37.0 Å². The topological polar surface area (TPSA) is 94.3 Å². The molecule has 0 amide bonds. The van der Waals surface area contributed by atoms with Crippen molar-refractivity contribution in [3.63, 3.8) is 0 Å². The van der Waals surface area contributed by atoms with E-state index in [4.69, 9.17) is 10.3 Å². The maximum absolute atomic E-state index is 13.7. The number of anilines is 1. The molecule has 0 aliphatic rings. The minimum absolute atomic E-state index is 0. The van der Waals surface area contributed by atoms with E-state index in [-0.39, 0.29) is 30.6 Å². The molecule has 0 spiro atoms. The SMILES string of the molecule is CCc1nnc(N/N=C/c2ccc(-c3ccccc3F)o2)n1N.Cl.Cl. The zero-order valence-corrected chi connectivity index (χ0v) is 14.9. The first-order chi connectivity index (χ1) is 11.2. The van der Waals surface area contributed by atoms with Gasteiger partial charge in [0.2, 0.25) is 0 Å². The fourth-order valence-electron chi connectivity index (χ4n) is 2.02. The van der Waals surface area contributed by atoms with E-state index in [0.29, 0.717) is 35.3 Å². The summed E-state index contributed by atoms with van der Waals surface area (Å²) in [7, 11) is 0. The Hall–Kier alpha value is -2.58. The number of aromatic nitrogens is 3. The van der Waals surface area contributed by atoms with E-state index >= 15 is 0 Å². The molecule has 1 aromatic carbocycles. The fourth-order valence-corrected chi connectivity index (χ4v) is 2.02. The van der Waals surface area contributed by atoms with Crippen LogP contribution in [-0.2, 0) is 6.42 Å². The third kappa shape index (κ3) is 4.49. The Morgan fingerprint density at radius 3 is 2.68 bits per heavy atom. The summed E-state index contributed by atoms with van der Waals surface area (Å²) < 4.78 is 20.6. The summed E-state index contributed by atoms with van der Waals surface area (Å²) in [4.78, 5) is 0. The van der Waals surface area contributed by atoms with Gasteiger partial charge in [-0.05, 0) is 24.3 Å². The molecule has 25 heavy (non-hydrogen) atoms. The standard InChI is InChI=1S/C15H15FN6O.2ClH/c1-2-14-19-21-15(22(14)17)20-18-9-10-7-8-13(23-10)11-5-3-4-6-12(11)16;;/h3-9H,2,17H2,1H3,(H,20,21);2*1H/b18-9+;;. The predicted molar refractivity (Wildman–Crippen MR) is 99.4 cm³/mol. The van der Waals surface area contributed by atoms with Gasteiger partial charge in [-0.25, -0.2) is 14.5 Å². The lowest BCUT2D eigenvalue weighted by Crippen LogP contribution is -2.14. The van der Waals surface area contributed by atoms with Crippen LogP contribution in [0.1, 0.15) is 18.5 Å². The Morgan fingerprint density at radius 2 is 2.00 bits per heavy atom. The van der Waals surface area contributed by atoms with E-state index in [0.717, 1.165) is 0 Å². The summed E-state index contributed by atoms with van der Waals surface area (Å²) in [5.74, 6) is 7.30. The highest BCUT2D eigenvalue weighted by Gasteiger charge is 2.09. The van der Waals surface area contributed by atoms with Gasteiger partial charge in [-0.3, -0.25) is 0 Å². The second kappa shape index (κ2) is 9.05. The van der Waals surface area contributed by atoms with Crippen molar-refractivity contribution in [1.29, 1.82) is 0 Å². The first-order valence-electron chi connectivity index (χ1n) is 7.02. The minimum Gasteiger partial charge on any atom is -0.455 e. The van der Waals surface area contributed by atoms with Gasteiger partial charge in [-0.1, -0.05) is 19.1 Å².